The number of nitrogens with zero attached hydrogens (tertiary/aromatic N) is 1. The van der Waals surface area contributed by atoms with Crippen LogP contribution in [0.5, 0.6) is 5.75 Å². The average Bonchev–Trinajstić information content (AvgIpc) is 3.00. The van der Waals surface area contributed by atoms with Gasteiger partial charge in [-0.2, -0.15) is 0 Å². The molecule has 1 N–H and O–H groups in total. The Morgan fingerprint density at radius 3 is 2.89 bits per heavy atom. The Bertz CT molecular complexity index is 531. The summed E-state index contributed by atoms with van der Waals surface area (Å²) in [6, 6.07) is 8.17. The smallest absolute Gasteiger partial charge is 0.228 e. The first kappa shape index (κ1) is 11.1. The van der Waals surface area contributed by atoms with Crippen LogP contribution in [0.15, 0.2) is 28.8 Å². The third kappa shape index (κ3) is 2.06. The fourth-order valence-electron chi connectivity index (χ4n) is 2.29. The van der Waals surface area contributed by atoms with E-state index in [0.717, 1.165) is 43.1 Å². The summed E-state index contributed by atoms with van der Waals surface area (Å²) >= 11 is 0. The Morgan fingerprint density at radius 2 is 2.11 bits per heavy atom. The van der Waals surface area contributed by atoms with Crippen molar-refractivity contribution in [3.05, 3.63) is 41.1 Å². The molecule has 4 nitrogen and oxygen atoms in total. The van der Waals surface area contributed by atoms with Gasteiger partial charge >= 0.3 is 0 Å². The fourth-order valence-corrected chi connectivity index (χ4v) is 2.29. The Morgan fingerprint density at radius 1 is 1.28 bits per heavy atom. The lowest BCUT2D eigenvalue weighted by Gasteiger charge is -2.02. The van der Waals surface area contributed by atoms with E-state index >= 15 is 0 Å². The third-order valence-corrected chi connectivity index (χ3v) is 3.34. The van der Waals surface area contributed by atoms with Crippen molar-refractivity contribution >= 4 is 5.88 Å². The van der Waals surface area contributed by atoms with Crippen LogP contribution in [0.25, 0.3) is 0 Å². The van der Waals surface area contributed by atoms with Gasteiger partial charge in [-0.1, -0.05) is 17.3 Å². The molecule has 1 aromatic carbocycles. The minimum absolute atomic E-state index is 0.861. The molecule has 0 unspecified atom stereocenters. The van der Waals surface area contributed by atoms with Gasteiger partial charge in [0.15, 0.2) is 0 Å². The number of ether oxygens (including phenoxy) is 1. The summed E-state index contributed by atoms with van der Waals surface area (Å²) in [6.07, 6.45) is 2.92. The molecule has 1 aliphatic rings. The number of nitrogens with one attached hydrogen (secondary N) is 1. The highest BCUT2D eigenvalue weighted by Gasteiger charge is 2.20. The van der Waals surface area contributed by atoms with Crippen LogP contribution < -0.4 is 10.1 Å². The molecule has 4 heteroatoms. The zero-order chi connectivity index (χ0) is 12.4. The second-order valence-electron chi connectivity index (χ2n) is 4.46. The van der Waals surface area contributed by atoms with Crippen molar-refractivity contribution in [2.75, 3.05) is 19.0 Å². The van der Waals surface area contributed by atoms with Crippen LogP contribution in [0.1, 0.15) is 16.8 Å². The molecule has 3 rings (SSSR count). The Labute approximate surface area is 106 Å². The Kier molecular flexibility index (Phi) is 2.92. The summed E-state index contributed by atoms with van der Waals surface area (Å²) in [4.78, 5) is 0. The van der Waals surface area contributed by atoms with Crippen molar-refractivity contribution in [3.8, 4) is 5.75 Å². The van der Waals surface area contributed by atoms with Crippen molar-refractivity contribution in [3.63, 3.8) is 0 Å². The van der Waals surface area contributed by atoms with Crippen LogP contribution >= 0.6 is 0 Å². The number of anilines is 1. The normalized spacial score (nSPS) is 13.2. The SMILES string of the molecule is COc1ccc(CCc2noc3c2CCN3)cc1. The quantitative estimate of drug-likeness (QED) is 0.897. The first-order valence-corrected chi connectivity index (χ1v) is 6.21. The van der Waals surface area contributed by atoms with Gasteiger partial charge in [0.05, 0.1) is 12.8 Å². The highest BCUT2D eigenvalue weighted by Crippen LogP contribution is 2.26. The van der Waals surface area contributed by atoms with Crippen LogP contribution in [-0.4, -0.2) is 18.8 Å². The molecule has 0 atom stereocenters. The largest absolute Gasteiger partial charge is 0.497 e. The van der Waals surface area contributed by atoms with Crippen LogP contribution in [0.2, 0.25) is 0 Å². The fraction of sp³-hybridized carbons (Fsp3) is 0.357. The van der Waals surface area contributed by atoms with Gasteiger partial charge < -0.3 is 14.6 Å². The predicted molar refractivity (Wildman–Crippen MR) is 69.1 cm³/mol. The van der Waals surface area contributed by atoms with Gasteiger partial charge in [-0.3, -0.25) is 0 Å². The first-order valence-electron chi connectivity index (χ1n) is 6.21. The average molecular weight is 244 g/mol. The van der Waals surface area contributed by atoms with Gasteiger partial charge in [0.2, 0.25) is 5.88 Å². The molecule has 2 aromatic rings. The van der Waals surface area contributed by atoms with Crippen LogP contribution in [-0.2, 0) is 19.3 Å². The number of hydrogen-bond donors (Lipinski definition) is 1. The van der Waals surface area contributed by atoms with E-state index < -0.39 is 0 Å². The second kappa shape index (κ2) is 4.72. The molecule has 0 aliphatic carbocycles. The topological polar surface area (TPSA) is 47.3 Å². The number of benzene rings is 1. The van der Waals surface area contributed by atoms with Gasteiger partial charge in [-0.05, 0) is 37.0 Å². The molecule has 94 valence electrons. The highest BCUT2D eigenvalue weighted by atomic mass is 16.5. The Hall–Kier alpha value is -1.97. The molecule has 0 amide bonds. The van der Waals surface area contributed by atoms with Crippen molar-refractivity contribution in [1.29, 1.82) is 0 Å². The van der Waals surface area contributed by atoms with E-state index in [4.69, 9.17) is 9.26 Å². The van der Waals surface area contributed by atoms with Crippen molar-refractivity contribution in [2.24, 2.45) is 0 Å². The van der Waals surface area contributed by atoms with Crippen molar-refractivity contribution in [2.45, 2.75) is 19.3 Å². The summed E-state index contributed by atoms with van der Waals surface area (Å²) in [5.74, 6) is 1.75. The van der Waals surface area contributed by atoms with Crippen LogP contribution in [0, 0.1) is 0 Å². The minimum Gasteiger partial charge on any atom is -0.497 e. The van der Waals surface area contributed by atoms with Gasteiger partial charge in [0.25, 0.3) is 0 Å². The van der Waals surface area contributed by atoms with E-state index in [-0.39, 0.29) is 0 Å². The lowest BCUT2D eigenvalue weighted by Crippen LogP contribution is -1.97. The summed E-state index contributed by atoms with van der Waals surface area (Å²) in [7, 11) is 1.68. The molecule has 18 heavy (non-hydrogen) atoms. The molecular formula is C14H16N2O2. The molecule has 1 aliphatic heterocycles. The first-order chi connectivity index (χ1) is 8.86. The van der Waals surface area contributed by atoms with Gasteiger partial charge in [0, 0.05) is 12.1 Å². The molecular weight excluding hydrogens is 228 g/mol. The third-order valence-electron chi connectivity index (χ3n) is 3.34. The van der Waals surface area contributed by atoms with Crippen molar-refractivity contribution < 1.29 is 9.26 Å². The number of aryl methyl sites for hydroxylation is 2. The van der Waals surface area contributed by atoms with E-state index in [0.29, 0.717) is 0 Å². The number of fused-ring (bicyclic) bond motifs is 1. The van der Waals surface area contributed by atoms with E-state index in [1.165, 1.54) is 11.1 Å². The molecule has 0 spiro atoms. The standard InChI is InChI=1S/C14H16N2O2/c1-17-11-5-2-10(3-6-11)4-7-13-12-8-9-15-14(12)18-16-13/h2-3,5-6,15H,4,7-9H2,1H3. The summed E-state index contributed by atoms with van der Waals surface area (Å²) < 4.78 is 10.4. The minimum atomic E-state index is 0.861. The van der Waals surface area contributed by atoms with E-state index in [1.54, 1.807) is 7.11 Å². The monoisotopic (exact) mass is 244 g/mol. The highest BCUT2D eigenvalue weighted by molar-refractivity contribution is 5.48. The number of hydrogen-bond acceptors (Lipinski definition) is 4. The summed E-state index contributed by atoms with van der Waals surface area (Å²) in [5.41, 5.74) is 3.63. The maximum atomic E-state index is 5.25. The molecule has 1 aromatic heterocycles. The molecule has 0 fully saturated rings. The number of rotatable bonds is 4. The predicted octanol–water partition coefficient (Wildman–Crippen LogP) is 2.44. The van der Waals surface area contributed by atoms with E-state index in [9.17, 15) is 0 Å². The maximum Gasteiger partial charge on any atom is 0.228 e. The van der Waals surface area contributed by atoms with E-state index in [2.05, 4.69) is 22.6 Å². The second-order valence-corrected chi connectivity index (χ2v) is 4.46. The zero-order valence-corrected chi connectivity index (χ0v) is 10.4. The van der Waals surface area contributed by atoms with E-state index in [1.807, 2.05) is 12.1 Å². The molecule has 2 heterocycles. The van der Waals surface area contributed by atoms with Crippen LogP contribution in [0.3, 0.4) is 0 Å². The van der Waals surface area contributed by atoms with Gasteiger partial charge in [-0.15, -0.1) is 0 Å². The van der Waals surface area contributed by atoms with Gasteiger partial charge in [0.1, 0.15) is 5.75 Å². The molecule has 0 radical (unpaired) electrons. The molecule has 0 saturated heterocycles. The number of methoxy groups -OCH3 is 1. The Balaban J connectivity index is 1.66. The maximum absolute atomic E-state index is 5.25. The molecule has 0 bridgehead atoms. The summed E-state index contributed by atoms with van der Waals surface area (Å²) in [5, 5.41) is 7.31. The van der Waals surface area contributed by atoms with Crippen LogP contribution in [0.4, 0.5) is 5.88 Å². The number of aromatic nitrogens is 1. The molecule has 0 saturated carbocycles. The summed E-state index contributed by atoms with van der Waals surface area (Å²) in [6.45, 7) is 0.965. The zero-order valence-electron chi connectivity index (χ0n) is 10.4. The van der Waals surface area contributed by atoms with Gasteiger partial charge in [-0.25, -0.2) is 0 Å². The van der Waals surface area contributed by atoms with Crippen molar-refractivity contribution in [1.82, 2.24) is 5.16 Å². The lowest BCUT2D eigenvalue weighted by atomic mass is 10.1. The lowest BCUT2D eigenvalue weighted by molar-refractivity contribution is 0.414.